The summed E-state index contributed by atoms with van der Waals surface area (Å²) >= 11 is 12.9. The van der Waals surface area contributed by atoms with Crippen LogP contribution in [0.25, 0.3) is 26.8 Å². The first-order valence-electron chi connectivity index (χ1n) is 21.2. The van der Waals surface area contributed by atoms with Crippen molar-refractivity contribution in [1.29, 1.82) is 0 Å². The summed E-state index contributed by atoms with van der Waals surface area (Å²) in [7, 11) is 3.10. The molecule has 0 spiro atoms. The maximum atomic E-state index is 13.4. The van der Waals surface area contributed by atoms with Crippen molar-refractivity contribution in [3.05, 3.63) is 86.7 Å². The molecule has 2 fully saturated rings. The van der Waals surface area contributed by atoms with Gasteiger partial charge in [-0.05, 0) is 37.1 Å². The lowest BCUT2D eigenvalue weighted by molar-refractivity contribution is -0.135. The minimum atomic E-state index is -0.730. The number of imidazole rings is 1. The number of carbonyl (C=O) groups excluding carboxylic acids is 2. The minimum absolute atomic E-state index is 0.190. The first-order valence-corrected chi connectivity index (χ1v) is 22.0. The molecule has 5 aromatic rings. The Morgan fingerprint density at radius 3 is 2.19 bits per heavy atom. The Balaban J connectivity index is 0.772. The molecule has 2 aliphatic rings. The van der Waals surface area contributed by atoms with E-state index in [9.17, 15) is 14.4 Å². The number of nitrogens with zero attached hydrogens (tertiary/aromatic N) is 6. The number of methoxy groups -OCH3 is 2. The fraction of sp³-hybridized carbons (Fsp3) is 0.444. The number of halogens is 2. The summed E-state index contributed by atoms with van der Waals surface area (Å²) in [4.78, 5) is 50.5. The molecule has 340 valence electrons. The smallest absolute Gasteiger partial charge is 0.329 e. The zero-order valence-electron chi connectivity index (χ0n) is 35.9. The molecule has 0 radical (unpaired) electrons. The zero-order valence-corrected chi connectivity index (χ0v) is 37.4. The lowest BCUT2D eigenvalue weighted by Gasteiger charge is -2.34. The van der Waals surface area contributed by atoms with Gasteiger partial charge in [-0.15, -0.1) is 0 Å². The summed E-state index contributed by atoms with van der Waals surface area (Å²) < 4.78 is 38.0. The van der Waals surface area contributed by atoms with Crippen molar-refractivity contribution in [2.75, 3.05) is 105 Å². The van der Waals surface area contributed by atoms with E-state index in [0.29, 0.717) is 119 Å². The molecule has 4 heterocycles. The van der Waals surface area contributed by atoms with Crippen LogP contribution < -0.4 is 30.5 Å². The molecule has 19 heteroatoms. The SMILES string of the molecule is [C-]#[N+]c1cnc2cc(OCCCN3CCN(CCOCCOCCOCCn4c(=O)n(C5CCC(=O)NC5=O)c5ccccc54)CC3)c(OC)c(Nc3cc(OC)c(Cl)cc3Cl)c2c1. The second kappa shape index (κ2) is 22.4. The number of ether oxygens (including phenoxy) is 6. The largest absolute Gasteiger partial charge is 0.495 e. The van der Waals surface area contributed by atoms with Crippen LogP contribution in [-0.2, 0) is 30.3 Å². The van der Waals surface area contributed by atoms with E-state index >= 15 is 0 Å². The van der Waals surface area contributed by atoms with Crippen LogP contribution in [0.2, 0.25) is 10.0 Å². The first kappa shape index (κ1) is 46.5. The van der Waals surface area contributed by atoms with E-state index in [1.807, 2.05) is 30.3 Å². The number of hydrogen-bond donors (Lipinski definition) is 2. The third-order valence-electron chi connectivity index (χ3n) is 11.2. The van der Waals surface area contributed by atoms with Gasteiger partial charge in [0.15, 0.2) is 11.5 Å². The van der Waals surface area contributed by atoms with Crippen LogP contribution in [0.15, 0.2) is 59.5 Å². The second-order valence-corrected chi connectivity index (χ2v) is 16.0. The van der Waals surface area contributed by atoms with Gasteiger partial charge in [-0.1, -0.05) is 35.3 Å². The summed E-state index contributed by atoms with van der Waals surface area (Å²) in [6.07, 6.45) is 2.81. The number of imide groups is 1. The lowest BCUT2D eigenvalue weighted by Crippen LogP contribution is -2.47. The van der Waals surface area contributed by atoms with Crippen LogP contribution in [-0.4, -0.2) is 135 Å². The van der Waals surface area contributed by atoms with E-state index in [-0.39, 0.29) is 24.4 Å². The maximum Gasteiger partial charge on any atom is 0.329 e. The number of piperazine rings is 1. The lowest BCUT2D eigenvalue weighted by atomic mass is 10.1. The Bertz CT molecular complexity index is 2540. The molecule has 0 bridgehead atoms. The molecule has 2 amide bonds. The number of amides is 2. The van der Waals surface area contributed by atoms with Gasteiger partial charge in [0.2, 0.25) is 17.5 Å². The second-order valence-electron chi connectivity index (χ2n) is 15.2. The third-order valence-corrected chi connectivity index (χ3v) is 11.8. The molecule has 2 aliphatic heterocycles. The molecule has 2 saturated heterocycles. The van der Waals surface area contributed by atoms with Gasteiger partial charge in [-0.25, -0.2) is 9.64 Å². The van der Waals surface area contributed by atoms with Crippen molar-refractivity contribution in [3.63, 3.8) is 0 Å². The summed E-state index contributed by atoms with van der Waals surface area (Å²) in [6.45, 7) is 16.4. The van der Waals surface area contributed by atoms with E-state index in [0.717, 1.165) is 45.7 Å². The Morgan fingerprint density at radius 1 is 0.812 bits per heavy atom. The number of hydrogen-bond acceptors (Lipinski definition) is 13. The highest BCUT2D eigenvalue weighted by Gasteiger charge is 2.31. The van der Waals surface area contributed by atoms with Crippen molar-refractivity contribution >= 4 is 74.0 Å². The number of para-hydroxylation sites is 2. The van der Waals surface area contributed by atoms with Gasteiger partial charge in [0.05, 0.1) is 112 Å². The highest BCUT2D eigenvalue weighted by atomic mass is 35.5. The number of nitrogens with one attached hydrogen (secondary N) is 2. The molecular weight excluding hydrogens is 867 g/mol. The number of piperidine rings is 1. The van der Waals surface area contributed by atoms with E-state index in [4.69, 9.17) is 58.2 Å². The number of fused-ring (bicyclic) bond motifs is 2. The van der Waals surface area contributed by atoms with Gasteiger partial charge in [0.1, 0.15) is 11.8 Å². The normalized spacial score (nSPS) is 16.0. The average molecular weight is 920 g/mol. The van der Waals surface area contributed by atoms with Crippen LogP contribution in [0, 0.1) is 6.57 Å². The first-order chi connectivity index (χ1) is 31.2. The van der Waals surface area contributed by atoms with Crippen molar-refractivity contribution in [2.24, 2.45) is 0 Å². The van der Waals surface area contributed by atoms with Gasteiger partial charge < -0.3 is 38.6 Å². The fourth-order valence-corrected chi connectivity index (χ4v) is 8.41. The van der Waals surface area contributed by atoms with Crippen LogP contribution in [0.4, 0.5) is 17.1 Å². The molecule has 2 aromatic heterocycles. The van der Waals surface area contributed by atoms with Crippen LogP contribution in [0.1, 0.15) is 25.3 Å². The van der Waals surface area contributed by atoms with Crippen LogP contribution in [0.5, 0.6) is 17.2 Å². The Labute approximate surface area is 380 Å². The zero-order chi connectivity index (χ0) is 45.0. The molecule has 1 atom stereocenters. The number of aromatic nitrogens is 3. The predicted molar refractivity (Wildman–Crippen MR) is 244 cm³/mol. The van der Waals surface area contributed by atoms with Gasteiger partial charge in [0, 0.05) is 69.4 Å². The van der Waals surface area contributed by atoms with E-state index < -0.39 is 11.9 Å². The monoisotopic (exact) mass is 918 g/mol. The summed E-state index contributed by atoms with van der Waals surface area (Å²) in [5.41, 5.74) is 3.16. The van der Waals surface area contributed by atoms with Gasteiger partial charge in [-0.2, -0.15) is 0 Å². The summed E-state index contributed by atoms with van der Waals surface area (Å²) in [5, 5.41) is 7.12. The highest BCUT2D eigenvalue weighted by molar-refractivity contribution is 6.37. The van der Waals surface area contributed by atoms with Crippen molar-refractivity contribution in [1.82, 2.24) is 29.2 Å². The number of carbonyl (C=O) groups is 2. The predicted octanol–water partition coefficient (Wildman–Crippen LogP) is 6.08. The van der Waals surface area contributed by atoms with E-state index in [1.54, 1.807) is 29.9 Å². The minimum Gasteiger partial charge on any atom is -0.495 e. The molecule has 0 saturated carbocycles. The number of anilines is 2. The molecule has 7 rings (SSSR count). The van der Waals surface area contributed by atoms with Crippen LogP contribution in [0.3, 0.4) is 0 Å². The molecule has 3 aromatic carbocycles. The summed E-state index contributed by atoms with van der Waals surface area (Å²) in [5.74, 6) is 0.639. The standard InChI is InChI=1S/C45H52Cl2N8O9/c1-48-30-25-31-34(49-29-30)27-40(43(60-3)42(31)50-35-28-39(59-2)33(47)26-32(35)46)64-18-6-11-52-12-14-53(15-13-52)16-19-61-21-23-63-24-22-62-20-17-54-36-7-4-5-8-37(36)55(45(54)58)38-9-10-41(56)51-44(38)57/h4-5,7-8,25-29,38,50H,6,9-24H2,2-3H3,(H,51,56,57). The van der Waals surface area contributed by atoms with Gasteiger partial charge >= 0.3 is 5.69 Å². The third kappa shape index (κ3) is 11.2. The highest BCUT2D eigenvalue weighted by Crippen LogP contribution is 2.45. The summed E-state index contributed by atoms with van der Waals surface area (Å²) in [6, 6.07) is 13.5. The van der Waals surface area contributed by atoms with Crippen molar-refractivity contribution < 1.29 is 38.0 Å². The molecule has 64 heavy (non-hydrogen) atoms. The molecule has 17 nitrogen and oxygen atoms in total. The molecule has 0 aliphatic carbocycles. The Kier molecular flexibility index (Phi) is 16.3. The number of benzene rings is 3. The number of rotatable bonds is 22. The van der Waals surface area contributed by atoms with Crippen molar-refractivity contribution in [3.8, 4) is 17.2 Å². The Morgan fingerprint density at radius 2 is 1.50 bits per heavy atom. The van der Waals surface area contributed by atoms with E-state index in [2.05, 4.69) is 30.3 Å². The molecule has 2 N–H and O–H groups in total. The quantitative estimate of drug-likeness (QED) is 0.0467. The maximum absolute atomic E-state index is 13.4. The Hall–Kier alpha value is -5.45. The molecular formula is C45H52Cl2N8O9. The number of pyridine rings is 1. The average Bonchev–Trinajstić information content (AvgIpc) is 3.57. The van der Waals surface area contributed by atoms with Gasteiger partial charge in [-0.3, -0.25) is 33.9 Å². The van der Waals surface area contributed by atoms with Gasteiger partial charge in [0.25, 0.3) is 0 Å². The molecule has 1 unspecified atom stereocenters. The van der Waals surface area contributed by atoms with E-state index in [1.165, 1.54) is 17.9 Å². The topological polar surface area (TPSA) is 164 Å². The van der Waals surface area contributed by atoms with Crippen molar-refractivity contribution in [2.45, 2.75) is 31.8 Å². The fourth-order valence-electron chi connectivity index (χ4n) is 7.90. The van der Waals surface area contributed by atoms with Crippen LogP contribution >= 0.6 is 23.2 Å².